The van der Waals surface area contributed by atoms with E-state index in [1.807, 2.05) is 37.3 Å². The Hall–Kier alpha value is -1.15. The van der Waals surface area contributed by atoms with Crippen molar-refractivity contribution in [3.8, 4) is 0 Å². The van der Waals surface area contributed by atoms with Gasteiger partial charge in [0.05, 0.1) is 6.61 Å². The van der Waals surface area contributed by atoms with E-state index in [2.05, 4.69) is 0 Å². The molecular formula is C13H18O2. The first-order chi connectivity index (χ1) is 7.18. The van der Waals surface area contributed by atoms with E-state index in [4.69, 9.17) is 4.74 Å². The Morgan fingerprint density at radius 2 is 2.00 bits per heavy atom. The van der Waals surface area contributed by atoms with Crippen molar-refractivity contribution in [3.05, 3.63) is 35.9 Å². The van der Waals surface area contributed by atoms with E-state index in [1.165, 1.54) is 5.56 Å². The average molecular weight is 206 g/mol. The van der Waals surface area contributed by atoms with Crippen LogP contribution in [0.4, 0.5) is 0 Å². The zero-order valence-electron chi connectivity index (χ0n) is 9.40. The lowest BCUT2D eigenvalue weighted by Crippen LogP contribution is -2.09. The van der Waals surface area contributed by atoms with E-state index in [-0.39, 0.29) is 5.78 Å². The monoisotopic (exact) mass is 206 g/mol. The predicted octanol–water partition coefficient (Wildman–Crippen LogP) is 2.82. The number of hydrogen-bond donors (Lipinski definition) is 0. The highest BCUT2D eigenvalue weighted by Gasteiger charge is 2.05. The van der Waals surface area contributed by atoms with Crippen LogP contribution in [0.3, 0.4) is 0 Å². The van der Waals surface area contributed by atoms with Gasteiger partial charge in [0.1, 0.15) is 5.78 Å². The lowest BCUT2D eigenvalue weighted by molar-refractivity contribution is -0.118. The second-order valence-corrected chi connectivity index (χ2v) is 4.01. The molecule has 0 saturated heterocycles. The summed E-state index contributed by atoms with van der Waals surface area (Å²) >= 11 is 0. The van der Waals surface area contributed by atoms with Crippen molar-refractivity contribution in [1.82, 2.24) is 0 Å². The molecule has 0 spiro atoms. The molecule has 2 nitrogen and oxygen atoms in total. The number of hydrogen-bond acceptors (Lipinski definition) is 2. The topological polar surface area (TPSA) is 26.3 Å². The van der Waals surface area contributed by atoms with Crippen LogP contribution >= 0.6 is 0 Å². The Morgan fingerprint density at radius 1 is 1.33 bits per heavy atom. The third kappa shape index (κ3) is 5.33. The number of ketones is 1. The number of ether oxygens (including phenoxy) is 1. The smallest absolute Gasteiger partial charge is 0.130 e. The summed E-state index contributed by atoms with van der Waals surface area (Å²) in [5.74, 6) is 0.539. The molecule has 0 aliphatic heterocycles. The van der Waals surface area contributed by atoms with Gasteiger partial charge in [-0.05, 0) is 18.4 Å². The summed E-state index contributed by atoms with van der Waals surface area (Å²) in [5.41, 5.74) is 1.17. The van der Waals surface area contributed by atoms with Crippen LogP contribution < -0.4 is 0 Å². The van der Waals surface area contributed by atoms with Gasteiger partial charge in [-0.1, -0.05) is 37.3 Å². The molecule has 0 aliphatic rings. The summed E-state index contributed by atoms with van der Waals surface area (Å²) in [7, 11) is 0. The minimum atomic E-state index is 0.228. The fourth-order valence-corrected chi connectivity index (χ4v) is 1.50. The molecule has 1 aromatic carbocycles. The Morgan fingerprint density at radius 3 is 2.60 bits per heavy atom. The van der Waals surface area contributed by atoms with Crippen LogP contribution in [-0.4, -0.2) is 12.4 Å². The molecule has 0 bridgehead atoms. The van der Waals surface area contributed by atoms with Crippen LogP contribution in [0, 0.1) is 5.92 Å². The van der Waals surface area contributed by atoms with Gasteiger partial charge in [-0.2, -0.15) is 0 Å². The van der Waals surface area contributed by atoms with Crippen LogP contribution in [0.5, 0.6) is 0 Å². The largest absolute Gasteiger partial charge is 0.376 e. The van der Waals surface area contributed by atoms with E-state index in [0.717, 1.165) is 0 Å². The van der Waals surface area contributed by atoms with E-state index in [0.29, 0.717) is 25.6 Å². The summed E-state index contributed by atoms with van der Waals surface area (Å²) in [6.45, 7) is 4.93. The molecule has 0 aliphatic carbocycles. The SMILES string of the molecule is CC(=O)C[C@@H](C)COCc1ccccc1. The number of Topliss-reactive ketones (excluding diaryl/α,β-unsaturated/α-hetero) is 1. The third-order valence-electron chi connectivity index (χ3n) is 2.15. The van der Waals surface area contributed by atoms with Crippen molar-refractivity contribution >= 4 is 5.78 Å². The predicted molar refractivity (Wildman–Crippen MR) is 60.6 cm³/mol. The fourth-order valence-electron chi connectivity index (χ4n) is 1.50. The molecule has 0 unspecified atom stereocenters. The second-order valence-electron chi connectivity index (χ2n) is 4.01. The van der Waals surface area contributed by atoms with Gasteiger partial charge in [-0.3, -0.25) is 0 Å². The van der Waals surface area contributed by atoms with Crippen molar-refractivity contribution in [2.24, 2.45) is 5.92 Å². The highest BCUT2D eigenvalue weighted by Crippen LogP contribution is 2.06. The Bertz CT molecular complexity index is 293. The molecule has 0 heterocycles. The molecule has 0 radical (unpaired) electrons. The van der Waals surface area contributed by atoms with Crippen molar-refractivity contribution in [1.29, 1.82) is 0 Å². The van der Waals surface area contributed by atoms with E-state index in [9.17, 15) is 4.79 Å². The summed E-state index contributed by atoms with van der Waals surface area (Å²) in [6.07, 6.45) is 0.606. The van der Waals surface area contributed by atoms with Crippen LogP contribution in [0.25, 0.3) is 0 Å². The maximum atomic E-state index is 10.8. The van der Waals surface area contributed by atoms with Crippen LogP contribution in [-0.2, 0) is 16.1 Å². The first-order valence-electron chi connectivity index (χ1n) is 5.29. The van der Waals surface area contributed by atoms with Crippen molar-refractivity contribution in [3.63, 3.8) is 0 Å². The van der Waals surface area contributed by atoms with Crippen LogP contribution in [0.2, 0.25) is 0 Å². The first-order valence-corrected chi connectivity index (χ1v) is 5.29. The lowest BCUT2D eigenvalue weighted by Gasteiger charge is -2.10. The molecule has 1 aromatic rings. The standard InChI is InChI=1S/C13H18O2/c1-11(8-12(2)14)9-15-10-13-6-4-3-5-7-13/h3-7,11H,8-10H2,1-2H3/t11-/m1/s1. The normalized spacial score (nSPS) is 12.4. The quantitative estimate of drug-likeness (QED) is 0.715. The highest BCUT2D eigenvalue weighted by atomic mass is 16.5. The van der Waals surface area contributed by atoms with Gasteiger partial charge in [0, 0.05) is 13.0 Å². The number of rotatable bonds is 6. The molecule has 0 N–H and O–H groups in total. The van der Waals surface area contributed by atoms with Gasteiger partial charge in [-0.25, -0.2) is 0 Å². The molecule has 2 heteroatoms. The summed E-state index contributed by atoms with van der Waals surface area (Å²) < 4.78 is 5.53. The minimum absolute atomic E-state index is 0.228. The van der Waals surface area contributed by atoms with Crippen molar-refractivity contribution < 1.29 is 9.53 Å². The van der Waals surface area contributed by atoms with Crippen LogP contribution in [0.15, 0.2) is 30.3 Å². The number of benzene rings is 1. The van der Waals surface area contributed by atoms with Crippen molar-refractivity contribution in [2.75, 3.05) is 6.61 Å². The van der Waals surface area contributed by atoms with E-state index in [1.54, 1.807) is 6.92 Å². The van der Waals surface area contributed by atoms with Gasteiger partial charge in [0.25, 0.3) is 0 Å². The Kier molecular flexibility index (Phi) is 5.05. The maximum Gasteiger partial charge on any atom is 0.130 e. The molecule has 0 saturated carbocycles. The van der Waals surface area contributed by atoms with Crippen LogP contribution in [0.1, 0.15) is 25.8 Å². The van der Waals surface area contributed by atoms with E-state index >= 15 is 0 Å². The fraction of sp³-hybridized carbons (Fsp3) is 0.462. The maximum absolute atomic E-state index is 10.8. The van der Waals surface area contributed by atoms with Gasteiger partial charge in [-0.15, -0.1) is 0 Å². The number of carbonyl (C=O) groups excluding carboxylic acids is 1. The molecule has 1 atom stereocenters. The molecule has 0 amide bonds. The molecule has 0 aromatic heterocycles. The highest BCUT2D eigenvalue weighted by molar-refractivity contribution is 5.75. The second kappa shape index (κ2) is 6.36. The zero-order chi connectivity index (χ0) is 11.1. The zero-order valence-corrected chi connectivity index (χ0v) is 9.40. The minimum Gasteiger partial charge on any atom is -0.376 e. The van der Waals surface area contributed by atoms with Gasteiger partial charge < -0.3 is 9.53 Å². The average Bonchev–Trinajstić information content (AvgIpc) is 2.18. The lowest BCUT2D eigenvalue weighted by atomic mass is 10.1. The van der Waals surface area contributed by atoms with E-state index < -0.39 is 0 Å². The molecule has 1 rings (SSSR count). The summed E-state index contributed by atoms with van der Waals surface area (Å²) in [5, 5.41) is 0. The molecular weight excluding hydrogens is 188 g/mol. The third-order valence-corrected chi connectivity index (χ3v) is 2.15. The van der Waals surface area contributed by atoms with Gasteiger partial charge in [0.2, 0.25) is 0 Å². The first kappa shape index (κ1) is 11.9. The summed E-state index contributed by atoms with van der Waals surface area (Å²) in [4.78, 5) is 10.8. The Labute approximate surface area is 91.3 Å². The van der Waals surface area contributed by atoms with Crippen molar-refractivity contribution in [2.45, 2.75) is 26.9 Å². The Balaban J connectivity index is 2.19. The van der Waals surface area contributed by atoms with Gasteiger partial charge >= 0.3 is 0 Å². The molecule has 82 valence electrons. The van der Waals surface area contributed by atoms with Gasteiger partial charge in [0.15, 0.2) is 0 Å². The number of carbonyl (C=O) groups is 1. The molecule has 0 fully saturated rings. The molecule has 15 heavy (non-hydrogen) atoms. The summed E-state index contributed by atoms with van der Waals surface area (Å²) in [6, 6.07) is 10.1.